The van der Waals surface area contributed by atoms with Gasteiger partial charge in [-0.1, -0.05) is 6.92 Å². The highest BCUT2D eigenvalue weighted by Gasteiger charge is 2.36. The van der Waals surface area contributed by atoms with Crippen LogP contribution >= 0.6 is 0 Å². The fourth-order valence-corrected chi connectivity index (χ4v) is 2.30. The number of nitrogens with zero attached hydrogens (tertiary/aromatic N) is 1. The molecule has 3 nitrogen and oxygen atoms in total. The number of hydrogen-bond donors (Lipinski definition) is 1. The number of nitrogens with one attached hydrogen (secondary N) is 1. The number of rotatable bonds is 8. The minimum absolute atomic E-state index is 0.693. The zero-order valence-electron chi connectivity index (χ0n) is 11.9. The molecule has 1 N–H and O–H groups in total. The van der Waals surface area contributed by atoms with Crippen molar-refractivity contribution < 1.29 is 4.42 Å². The van der Waals surface area contributed by atoms with Crippen molar-refractivity contribution in [3.63, 3.8) is 0 Å². The van der Waals surface area contributed by atoms with Gasteiger partial charge < -0.3 is 14.6 Å². The van der Waals surface area contributed by atoms with Crippen molar-refractivity contribution >= 4 is 0 Å². The standard InChI is InChI=1S/C15H26N2O/c1-12-10-14(12)15-7-6-13(18-15)11-16-8-4-5-9-17(2)3/h6-7,12,14,16H,4-5,8-11H2,1-3H3. The molecule has 0 aliphatic heterocycles. The van der Waals surface area contributed by atoms with E-state index in [2.05, 4.69) is 43.4 Å². The lowest BCUT2D eigenvalue weighted by atomic mass is 10.3. The summed E-state index contributed by atoms with van der Waals surface area (Å²) in [6.07, 6.45) is 3.78. The molecule has 102 valence electrons. The quantitative estimate of drug-likeness (QED) is 0.719. The van der Waals surface area contributed by atoms with Crippen LogP contribution in [-0.4, -0.2) is 32.1 Å². The van der Waals surface area contributed by atoms with Gasteiger partial charge in [-0.05, 0) is 64.5 Å². The Morgan fingerprint density at radius 1 is 1.33 bits per heavy atom. The molecule has 0 spiro atoms. The topological polar surface area (TPSA) is 28.4 Å². The molecule has 0 saturated heterocycles. The summed E-state index contributed by atoms with van der Waals surface area (Å²) in [5.41, 5.74) is 0. The summed E-state index contributed by atoms with van der Waals surface area (Å²) in [6.45, 7) is 5.40. The van der Waals surface area contributed by atoms with Gasteiger partial charge in [0.05, 0.1) is 6.54 Å². The maximum atomic E-state index is 5.85. The average molecular weight is 250 g/mol. The van der Waals surface area contributed by atoms with E-state index in [0.29, 0.717) is 5.92 Å². The Labute approximate surface area is 111 Å². The molecule has 1 saturated carbocycles. The van der Waals surface area contributed by atoms with Crippen LogP contribution in [0.5, 0.6) is 0 Å². The zero-order chi connectivity index (χ0) is 13.0. The summed E-state index contributed by atoms with van der Waals surface area (Å²) in [4.78, 5) is 2.23. The fraction of sp³-hybridized carbons (Fsp3) is 0.733. The monoisotopic (exact) mass is 250 g/mol. The van der Waals surface area contributed by atoms with Crippen LogP contribution in [0.25, 0.3) is 0 Å². The Morgan fingerprint density at radius 2 is 2.11 bits per heavy atom. The van der Waals surface area contributed by atoms with Crippen molar-refractivity contribution in [3.8, 4) is 0 Å². The molecule has 1 aliphatic rings. The molecule has 0 aromatic carbocycles. The van der Waals surface area contributed by atoms with E-state index in [0.717, 1.165) is 24.8 Å². The van der Waals surface area contributed by atoms with Crippen molar-refractivity contribution in [2.75, 3.05) is 27.2 Å². The lowest BCUT2D eigenvalue weighted by molar-refractivity contribution is 0.388. The molecule has 1 fully saturated rings. The summed E-state index contributed by atoms with van der Waals surface area (Å²) in [7, 11) is 4.24. The summed E-state index contributed by atoms with van der Waals surface area (Å²) in [5, 5.41) is 3.45. The van der Waals surface area contributed by atoms with Gasteiger partial charge in [0.1, 0.15) is 11.5 Å². The molecule has 0 bridgehead atoms. The molecule has 1 heterocycles. The van der Waals surface area contributed by atoms with Crippen LogP contribution in [0.3, 0.4) is 0 Å². The number of furan rings is 1. The van der Waals surface area contributed by atoms with Gasteiger partial charge in [0.25, 0.3) is 0 Å². The summed E-state index contributed by atoms with van der Waals surface area (Å²) in [5.74, 6) is 3.78. The van der Waals surface area contributed by atoms with Gasteiger partial charge in [0, 0.05) is 5.92 Å². The Morgan fingerprint density at radius 3 is 2.78 bits per heavy atom. The fourth-order valence-electron chi connectivity index (χ4n) is 2.30. The van der Waals surface area contributed by atoms with Crippen molar-refractivity contribution in [1.29, 1.82) is 0 Å². The second-order valence-electron chi connectivity index (χ2n) is 5.81. The van der Waals surface area contributed by atoms with E-state index < -0.39 is 0 Å². The van der Waals surface area contributed by atoms with Gasteiger partial charge in [0.15, 0.2) is 0 Å². The summed E-state index contributed by atoms with van der Waals surface area (Å²) in [6, 6.07) is 4.27. The van der Waals surface area contributed by atoms with Crippen LogP contribution in [0.1, 0.15) is 43.6 Å². The lowest BCUT2D eigenvalue weighted by Gasteiger charge is -2.08. The van der Waals surface area contributed by atoms with Gasteiger partial charge in [-0.3, -0.25) is 0 Å². The first-order valence-electron chi connectivity index (χ1n) is 7.11. The Kier molecular flexibility index (Phi) is 4.84. The predicted molar refractivity (Wildman–Crippen MR) is 74.7 cm³/mol. The lowest BCUT2D eigenvalue weighted by Crippen LogP contribution is -2.17. The molecule has 2 atom stereocenters. The summed E-state index contributed by atoms with van der Waals surface area (Å²) >= 11 is 0. The third-order valence-electron chi connectivity index (χ3n) is 3.67. The normalized spacial score (nSPS) is 22.7. The highest BCUT2D eigenvalue weighted by atomic mass is 16.3. The minimum atomic E-state index is 0.693. The molecular formula is C15H26N2O. The number of unbranched alkanes of at least 4 members (excludes halogenated alkanes) is 1. The first-order chi connectivity index (χ1) is 8.66. The molecule has 2 rings (SSSR count). The molecule has 0 radical (unpaired) electrons. The molecule has 1 aromatic rings. The second-order valence-corrected chi connectivity index (χ2v) is 5.81. The predicted octanol–water partition coefficient (Wildman–Crippen LogP) is 2.83. The Hall–Kier alpha value is -0.800. The van der Waals surface area contributed by atoms with Gasteiger partial charge in [0.2, 0.25) is 0 Å². The van der Waals surface area contributed by atoms with Crippen LogP contribution in [0.15, 0.2) is 16.5 Å². The highest BCUT2D eigenvalue weighted by molar-refractivity contribution is 5.17. The second kappa shape index (κ2) is 6.39. The summed E-state index contributed by atoms with van der Waals surface area (Å²) < 4.78 is 5.85. The van der Waals surface area contributed by atoms with Crippen LogP contribution in [0, 0.1) is 5.92 Å². The maximum absolute atomic E-state index is 5.85. The first kappa shape index (κ1) is 13.6. The number of hydrogen-bond acceptors (Lipinski definition) is 3. The average Bonchev–Trinajstić information content (AvgIpc) is 2.88. The maximum Gasteiger partial charge on any atom is 0.117 e. The molecule has 2 unspecified atom stereocenters. The largest absolute Gasteiger partial charge is 0.464 e. The van der Waals surface area contributed by atoms with Crippen LogP contribution in [0.4, 0.5) is 0 Å². The zero-order valence-corrected chi connectivity index (χ0v) is 11.9. The van der Waals surface area contributed by atoms with E-state index in [1.807, 2.05) is 0 Å². The van der Waals surface area contributed by atoms with Crippen LogP contribution in [-0.2, 0) is 6.54 Å². The van der Waals surface area contributed by atoms with Crippen LogP contribution < -0.4 is 5.32 Å². The molecule has 0 amide bonds. The van der Waals surface area contributed by atoms with E-state index in [4.69, 9.17) is 4.42 Å². The Bertz CT molecular complexity index is 359. The Balaban J connectivity index is 1.57. The van der Waals surface area contributed by atoms with E-state index >= 15 is 0 Å². The van der Waals surface area contributed by atoms with Gasteiger partial charge in [-0.15, -0.1) is 0 Å². The van der Waals surface area contributed by atoms with Crippen molar-refractivity contribution in [2.24, 2.45) is 5.92 Å². The molecule has 3 heteroatoms. The van der Waals surface area contributed by atoms with E-state index in [1.54, 1.807) is 0 Å². The van der Waals surface area contributed by atoms with Crippen LogP contribution in [0.2, 0.25) is 0 Å². The molecule has 18 heavy (non-hydrogen) atoms. The van der Waals surface area contributed by atoms with Gasteiger partial charge in [-0.25, -0.2) is 0 Å². The third-order valence-corrected chi connectivity index (χ3v) is 3.67. The highest BCUT2D eigenvalue weighted by Crippen LogP contribution is 2.47. The SMILES string of the molecule is CC1CC1c1ccc(CNCCCCN(C)C)o1. The van der Waals surface area contributed by atoms with Crippen molar-refractivity contribution in [1.82, 2.24) is 10.2 Å². The van der Waals surface area contributed by atoms with E-state index in [1.165, 1.54) is 31.6 Å². The first-order valence-corrected chi connectivity index (χ1v) is 7.11. The van der Waals surface area contributed by atoms with Crippen molar-refractivity contribution in [2.45, 2.75) is 38.6 Å². The minimum Gasteiger partial charge on any atom is -0.464 e. The van der Waals surface area contributed by atoms with Gasteiger partial charge >= 0.3 is 0 Å². The smallest absolute Gasteiger partial charge is 0.117 e. The van der Waals surface area contributed by atoms with Gasteiger partial charge in [-0.2, -0.15) is 0 Å². The van der Waals surface area contributed by atoms with Crippen molar-refractivity contribution in [3.05, 3.63) is 23.7 Å². The molecule has 1 aromatic heterocycles. The molecule has 1 aliphatic carbocycles. The van der Waals surface area contributed by atoms with E-state index in [-0.39, 0.29) is 0 Å². The third kappa shape index (κ3) is 4.14. The van der Waals surface area contributed by atoms with E-state index in [9.17, 15) is 0 Å². The molecular weight excluding hydrogens is 224 g/mol.